The summed E-state index contributed by atoms with van der Waals surface area (Å²) in [6, 6.07) is 12.4. The number of primary amides is 1. The van der Waals surface area contributed by atoms with Crippen LogP contribution in [0, 0.1) is 6.92 Å². The minimum atomic E-state index is -0.462. The van der Waals surface area contributed by atoms with Crippen molar-refractivity contribution in [3.63, 3.8) is 0 Å². The summed E-state index contributed by atoms with van der Waals surface area (Å²) in [7, 11) is 0. The van der Waals surface area contributed by atoms with Gasteiger partial charge in [0, 0.05) is 22.1 Å². The van der Waals surface area contributed by atoms with Crippen molar-refractivity contribution < 1.29 is 9.59 Å². The maximum atomic E-state index is 12.1. The van der Waals surface area contributed by atoms with Crippen molar-refractivity contribution in [2.45, 2.75) is 13.5 Å². The Bertz CT molecular complexity index is 681. The van der Waals surface area contributed by atoms with Gasteiger partial charge in [-0.25, -0.2) is 0 Å². The quantitative estimate of drug-likeness (QED) is 0.893. The van der Waals surface area contributed by atoms with E-state index in [9.17, 15) is 9.59 Å². The standard InChI is InChI=1S/C16H15BrN2O2/c1-10-8-13(17)6-7-14(10)16(21)19-9-11-2-4-12(5-3-11)15(18)20/h2-8H,9H2,1H3,(H2,18,20)(H,19,21). The van der Waals surface area contributed by atoms with Gasteiger partial charge in [0.05, 0.1) is 0 Å². The minimum absolute atomic E-state index is 0.126. The molecule has 21 heavy (non-hydrogen) atoms. The molecule has 0 fully saturated rings. The third-order valence-corrected chi connectivity index (χ3v) is 3.62. The van der Waals surface area contributed by atoms with Crippen LogP contribution in [0.2, 0.25) is 0 Å². The Kier molecular flexibility index (Phi) is 4.75. The number of hydrogen-bond acceptors (Lipinski definition) is 2. The topological polar surface area (TPSA) is 72.2 Å². The van der Waals surface area contributed by atoms with Gasteiger partial charge in [-0.1, -0.05) is 28.1 Å². The summed E-state index contributed by atoms with van der Waals surface area (Å²) < 4.78 is 0.943. The number of nitrogens with one attached hydrogen (secondary N) is 1. The van der Waals surface area contributed by atoms with Crippen LogP contribution in [-0.4, -0.2) is 11.8 Å². The molecule has 0 unspecified atom stereocenters. The summed E-state index contributed by atoms with van der Waals surface area (Å²) in [6.07, 6.45) is 0. The highest BCUT2D eigenvalue weighted by Gasteiger charge is 2.09. The van der Waals surface area contributed by atoms with Gasteiger partial charge in [-0.15, -0.1) is 0 Å². The van der Waals surface area contributed by atoms with Crippen molar-refractivity contribution in [2.75, 3.05) is 0 Å². The molecule has 0 spiro atoms. The molecule has 4 nitrogen and oxygen atoms in total. The number of halogens is 1. The maximum Gasteiger partial charge on any atom is 0.251 e. The van der Waals surface area contributed by atoms with E-state index in [1.54, 1.807) is 30.3 Å². The normalized spacial score (nSPS) is 10.2. The summed E-state index contributed by atoms with van der Waals surface area (Å²) in [5, 5.41) is 2.85. The molecule has 2 amide bonds. The molecule has 0 bridgehead atoms. The van der Waals surface area contributed by atoms with Gasteiger partial charge in [0.15, 0.2) is 0 Å². The molecule has 2 aromatic rings. The van der Waals surface area contributed by atoms with Crippen molar-refractivity contribution in [3.8, 4) is 0 Å². The summed E-state index contributed by atoms with van der Waals surface area (Å²) in [5.74, 6) is -0.588. The maximum absolute atomic E-state index is 12.1. The van der Waals surface area contributed by atoms with Gasteiger partial charge in [-0.3, -0.25) is 9.59 Å². The molecule has 0 aliphatic rings. The molecular formula is C16H15BrN2O2. The molecule has 0 aliphatic heterocycles. The molecule has 108 valence electrons. The number of hydrogen-bond donors (Lipinski definition) is 2. The fourth-order valence-corrected chi connectivity index (χ4v) is 2.42. The smallest absolute Gasteiger partial charge is 0.251 e. The Balaban J connectivity index is 2.02. The van der Waals surface area contributed by atoms with Crippen LogP contribution < -0.4 is 11.1 Å². The van der Waals surface area contributed by atoms with Crippen LogP contribution in [0.4, 0.5) is 0 Å². The van der Waals surface area contributed by atoms with Gasteiger partial charge in [0.2, 0.25) is 5.91 Å². The summed E-state index contributed by atoms with van der Waals surface area (Å²) in [5.41, 5.74) is 8.09. The van der Waals surface area contributed by atoms with E-state index in [0.29, 0.717) is 17.7 Å². The van der Waals surface area contributed by atoms with Gasteiger partial charge >= 0.3 is 0 Å². The molecule has 0 saturated heterocycles. The Morgan fingerprint density at radius 1 is 1.14 bits per heavy atom. The average Bonchev–Trinajstić information content (AvgIpc) is 2.45. The zero-order chi connectivity index (χ0) is 15.4. The lowest BCUT2D eigenvalue weighted by Gasteiger charge is -2.08. The van der Waals surface area contributed by atoms with Crippen molar-refractivity contribution in [1.82, 2.24) is 5.32 Å². The predicted octanol–water partition coefficient (Wildman–Crippen LogP) is 2.79. The van der Waals surface area contributed by atoms with E-state index in [-0.39, 0.29) is 5.91 Å². The van der Waals surface area contributed by atoms with Crippen LogP contribution in [0.5, 0.6) is 0 Å². The van der Waals surface area contributed by atoms with Crippen molar-refractivity contribution in [3.05, 3.63) is 69.2 Å². The Labute approximate surface area is 131 Å². The van der Waals surface area contributed by atoms with Crippen LogP contribution in [0.25, 0.3) is 0 Å². The molecule has 0 atom stereocenters. The second-order valence-corrected chi connectivity index (χ2v) is 5.62. The van der Waals surface area contributed by atoms with Crippen molar-refractivity contribution >= 4 is 27.7 Å². The zero-order valence-corrected chi connectivity index (χ0v) is 13.1. The van der Waals surface area contributed by atoms with Gasteiger partial charge in [0.25, 0.3) is 5.91 Å². The molecule has 0 aliphatic carbocycles. The SMILES string of the molecule is Cc1cc(Br)ccc1C(=O)NCc1ccc(C(N)=O)cc1. The van der Waals surface area contributed by atoms with E-state index in [1.807, 2.05) is 19.1 Å². The van der Waals surface area contributed by atoms with Gasteiger partial charge in [-0.05, 0) is 48.4 Å². The molecule has 5 heteroatoms. The second kappa shape index (κ2) is 6.54. The van der Waals surface area contributed by atoms with E-state index in [2.05, 4.69) is 21.2 Å². The first-order chi connectivity index (χ1) is 9.97. The van der Waals surface area contributed by atoms with Gasteiger partial charge in [-0.2, -0.15) is 0 Å². The Hall–Kier alpha value is -2.14. The molecule has 2 rings (SSSR count). The molecule has 2 aromatic carbocycles. The fourth-order valence-electron chi connectivity index (χ4n) is 1.95. The third kappa shape index (κ3) is 3.92. The van der Waals surface area contributed by atoms with Crippen molar-refractivity contribution in [1.29, 1.82) is 0 Å². The van der Waals surface area contributed by atoms with E-state index < -0.39 is 5.91 Å². The third-order valence-electron chi connectivity index (χ3n) is 3.12. The van der Waals surface area contributed by atoms with Crippen LogP contribution in [0.1, 0.15) is 31.8 Å². The van der Waals surface area contributed by atoms with E-state index in [4.69, 9.17) is 5.73 Å². The van der Waals surface area contributed by atoms with Crippen LogP contribution in [-0.2, 0) is 6.54 Å². The first kappa shape index (κ1) is 15.3. The average molecular weight is 347 g/mol. The summed E-state index contributed by atoms with van der Waals surface area (Å²) in [4.78, 5) is 23.1. The number of amides is 2. The highest BCUT2D eigenvalue weighted by atomic mass is 79.9. The fraction of sp³-hybridized carbons (Fsp3) is 0.125. The monoisotopic (exact) mass is 346 g/mol. The van der Waals surface area contributed by atoms with Crippen molar-refractivity contribution in [2.24, 2.45) is 5.73 Å². The Morgan fingerprint density at radius 3 is 2.38 bits per heavy atom. The van der Waals surface area contributed by atoms with E-state index in [0.717, 1.165) is 15.6 Å². The van der Waals surface area contributed by atoms with Crippen LogP contribution in [0.15, 0.2) is 46.9 Å². The lowest BCUT2D eigenvalue weighted by molar-refractivity contribution is 0.0948. The highest BCUT2D eigenvalue weighted by molar-refractivity contribution is 9.10. The van der Waals surface area contributed by atoms with E-state index >= 15 is 0 Å². The highest BCUT2D eigenvalue weighted by Crippen LogP contribution is 2.16. The second-order valence-electron chi connectivity index (χ2n) is 4.70. The molecule has 3 N–H and O–H groups in total. The van der Waals surface area contributed by atoms with Crippen LogP contribution >= 0.6 is 15.9 Å². The minimum Gasteiger partial charge on any atom is -0.366 e. The number of nitrogens with two attached hydrogens (primary N) is 1. The number of carbonyl (C=O) groups is 2. The number of rotatable bonds is 4. The lowest BCUT2D eigenvalue weighted by Crippen LogP contribution is -2.23. The van der Waals surface area contributed by atoms with Crippen LogP contribution in [0.3, 0.4) is 0 Å². The summed E-state index contributed by atoms with van der Waals surface area (Å²) >= 11 is 3.37. The lowest BCUT2D eigenvalue weighted by atomic mass is 10.1. The molecule has 0 radical (unpaired) electrons. The first-order valence-electron chi connectivity index (χ1n) is 6.40. The molecule has 0 heterocycles. The van der Waals surface area contributed by atoms with Gasteiger partial charge < -0.3 is 11.1 Å². The number of benzene rings is 2. The number of aryl methyl sites for hydroxylation is 1. The Morgan fingerprint density at radius 2 is 1.81 bits per heavy atom. The molecule has 0 saturated carbocycles. The number of carbonyl (C=O) groups excluding carboxylic acids is 2. The first-order valence-corrected chi connectivity index (χ1v) is 7.20. The zero-order valence-electron chi connectivity index (χ0n) is 11.5. The molecular weight excluding hydrogens is 332 g/mol. The van der Waals surface area contributed by atoms with E-state index in [1.165, 1.54) is 0 Å². The van der Waals surface area contributed by atoms with Gasteiger partial charge in [0.1, 0.15) is 0 Å². The largest absolute Gasteiger partial charge is 0.366 e. The summed E-state index contributed by atoms with van der Waals surface area (Å²) in [6.45, 7) is 2.29. The predicted molar refractivity (Wildman–Crippen MR) is 85.0 cm³/mol. The molecule has 0 aromatic heterocycles.